The molecule has 0 atom stereocenters. The molecule has 1 aromatic heterocycles. The number of halogens is 3. The predicted molar refractivity (Wildman–Crippen MR) is 90.7 cm³/mol. The number of fused-ring (bicyclic) bond motifs is 1. The zero-order valence-corrected chi connectivity index (χ0v) is 14.6. The topological polar surface area (TPSA) is 71.6 Å². The standard InChI is InChI=1S/C15H11Cl3N2O4/c1-7(21)20-2-3-23-12-6-11(19-14(12)20)15(22)24-13-9(17)4-8(16)5-10(13)18/h4-6,19H,2-3H2,1H3. The number of H-pyrrole nitrogens is 1. The third-order valence-electron chi connectivity index (χ3n) is 3.36. The van der Waals surface area contributed by atoms with E-state index >= 15 is 0 Å². The molecule has 1 amide bonds. The van der Waals surface area contributed by atoms with Crippen molar-refractivity contribution in [2.45, 2.75) is 6.92 Å². The maximum atomic E-state index is 12.3. The van der Waals surface area contributed by atoms with Gasteiger partial charge in [-0.25, -0.2) is 4.79 Å². The van der Waals surface area contributed by atoms with Gasteiger partial charge < -0.3 is 14.5 Å². The second-order valence-electron chi connectivity index (χ2n) is 5.00. The van der Waals surface area contributed by atoms with Gasteiger partial charge in [-0.3, -0.25) is 9.69 Å². The monoisotopic (exact) mass is 388 g/mol. The Morgan fingerprint density at radius 1 is 1.21 bits per heavy atom. The number of hydrogen-bond acceptors (Lipinski definition) is 4. The van der Waals surface area contributed by atoms with E-state index in [2.05, 4.69) is 4.98 Å². The van der Waals surface area contributed by atoms with Crippen molar-refractivity contribution < 1.29 is 19.1 Å². The average Bonchev–Trinajstić information content (AvgIpc) is 2.94. The summed E-state index contributed by atoms with van der Waals surface area (Å²) in [4.78, 5) is 28.3. The number of rotatable bonds is 2. The molecule has 0 radical (unpaired) electrons. The second kappa shape index (κ2) is 6.55. The molecule has 1 aliphatic rings. The molecule has 1 N–H and O–H groups in total. The van der Waals surface area contributed by atoms with Crippen molar-refractivity contribution in [2.75, 3.05) is 18.1 Å². The molecule has 0 unspecified atom stereocenters. The lowest BCUT2D eigenvalue weighted by molar-refractivity contribution is -0.116. The number of nitrogens with zero attached hydrogens (tertiary/aromatic N) is 1. The molecular weight excluding hydrogens is 379 g/mol. The lowest BCUT2D eigenvalue weighted by Gasteiger charge is -2.25. The van der Waals surface area contributed by atoms with Crippen molar-refractivity contribution in [1.29, 1.82) is 0 Å². The molecule has 2 heterocycles. The first-order valence-electron chi connectivity index (χ1n) is 6.87. The Morgan fingerprint density at radius 2 is 1.88 bits per heavy atom. The Hall–Kier alpha value is -1.89. The fraction of sp³-hybridized carbons (Fsp3) is 0.200. The molecule has 0 saturated heterocycles. The lowest BCUT2D eigenvalue weighted by Crippen LogP contribution is -2.36. The maximum Gasteiger partial charge on any atom is 0.360 e. The molecule has 6 nitrogen and oxygen atoms in total. The van der Waals surface area contributed by atoms with Crippen LogP contribution in [0.25, 0.3) is 0 Å². The number of benzene rings is 1. The molecule has 0 saturated carbocycles. The third-order valence-corrected chi connectivity index (χ3v) is 4.14. The first-order chi connectivity index (χ1) is 11.4. The largest absolute Gasteiger partial charge is 0.488 e. The van der Waals surface area contributed by atoms with Gasteiger partial charge in [-0.15, -0.1) is 0 Å². The highest BCUT2D eigenvalue weighted by Crippen LogP contribution is 2.37. The van der Waals surface area contributed by atoms with Crippen LogP contribution < -0.4 is 14.4 Å². The number of carbonyl (C=O) groups is 2. The van der Waals surface area contributed by atoms with Crippen LogP contribution >= 0.6 is 34.8 Å². The molecule has 24 heavy (non-hydrogen) atoms. The summed E-state index contributed by atoms with van der Waals surface area (Å²) in [5, 5.41) is 0.545. The Kier molecular flexibility index (Phi) is 4.62. The molecule has 0 bridgehead atoms. The van der Waals surface area contributed by atoms with Gasteiger partial charge in [-0.2, -0.15) is 0 Å². The minimum Gasteiger partial charge on any atom is -0.488 e. The summed E-state index contributed by atoms with van der Waals surface area (Å²) in [6.45, 7) is 2.17. The van der Waals surface area contributed by atoms with Crippen LogP contribution in [0.2, 0.25) is 15.1 Å². The van der Waals surface area contributed by atoms with Gasteiger partial charge in [0.1, 0.15) is 12.3 Å². The molecule has 1 aliphatic heterocycles. The zero-order chi connectivity index (χ0) is 17.4. The Labute approximate surface area is 152 Å². The van der Waals surface area contributed by atoms with Crippen molar-refractivity contribution >= 4 is 52.5 Å². The smallest absolute Gasteiger partial charge is 0.360 e. The van der Waals surface area contributed by atoms with E-state index in [1.807, 2.05) is 0 Å². The number of aromatic amines is 1. The van der Waals surface area contributed by atoms with Crippen LogP contribution in [0.5, 0.6) is 11.5 Å². The van der Waals surface area contributed by atoms with Gasteiger partial charge in [0.25, 0.3) is 0 Å². The second-order valence-corrected chi connectivity index (χ2v) is 6.25. The van der Waals surface area contributed by atoms with Crippen molar-refractivity contribution in [3.8, 4) is 11.5 Å². The first-order valence-corrected chi connectivity index (χ1v) is 8.01. The minimum atomic E-state index is -0.720. The normalized spacial score (nSPS) is 13.2. The van der Waals surface area contributed by atoms with Gasteiger partial charge in [-0.05, 0) is 12.1 Å². The molecule has 1 aromatic carbocycles. The Balaban J connectivity index is 1.88. The van der Waals surface area contributed by atoms with Gasteiger partial charge in [0, 0.05) is 18.0 Å². The number of hydrogen-bond donors (Lipinski definition) is 1. The van der Waals surface area contributed by atoms with Crippen LogP contribution in [0, 0.1) is 0 Å². The summed E-state index contributed by atoms with van der Waals surface area (Å²) in [5.74, 6) is -0.0666. The summed E-state index contributed by atoms with van der Waals surface area (Å²) in [7, 11) is 0. The summed E-state index contributed by atoms with van der Waals surface area (Å²) in [6, 6.07) is 4.29. The summed E-state index contributed by atoms with van der Waals surface area (Å²) >= 11 is 17.8. The van der Waals surface area contributed by atoms with Crippen LogP contribution in [0.4, 0.5) is 5.82 Å². The van der Waals surface area contributed by atoms with Gasteiger partial charge >= 0.3 is 5.97 Å². The molecule has 2 aromatic rings. The van der Waals surface area contributed by atoms with E-state index in [4.69, 9.17) is 44.3 Å². The molecule has 0 spiro atoms. The van der Waals surface area contributed by atoms with E-state index in [9.17, 15) is 9.59 Å². The van der Waals surface area contributed by atoms with Gasteiger partial charge in [0.05, 0.1) is 16.6 Å². The van der Waals surface area contributed by atoms with E-state index < -0.39 is 5.97 Å². The van der Waals surface area contributed by atoms with Crippen molar-refractivity contribution in [3.05, 3.63) is 39.0 Å². The Morgan fingerprint density at radius 3 is 2.50 bits per heavy atom. The van der Waals surface area contributed by atoms with E-state index in [1.165, 1.54) is 30.0 Å². The number of nitrogens with one attached hydrogen (secondary N) is 1. The Bertz CT molecular complexity index is 811. The van der Waals surface area contributed by atoms with Crippen molar-refractivity contribution in [3.63, 3.8) is 0 Å². The molecule has 3 rings (SSSR count). The van der Waals surface area contributed by atoms with Crippen molar-refractivity contribution in [2.24, 2.45) is 0 Å². The van der Waals surface area contributed by atoms with Gasteiger partial charge in [0.15, 0.2) is 17.3 Å². The quantitative estimate of drug-likeness (QED) is 0.624. The molecule has 0 aliphatic carbocycles. The van der Waals surface area contributed by atoms with E-state index in [0.717, 1.165) is 0 Å². The van der Waals surface area contributed by atoms with Crippen LogP contribution in [0.1, 0.15) is 17.4 Å². The van der Waals surface area contributed by atoms with Crippen LogP contribution in [-0.2, 0) is 4.79 Å². The first kappa shape index (κ1) is 17.0. The van der Waals surface area contributed by atoms with Crippen molar-refractivity contribution in [1.82, 2.24) is 4.98 Å². The van der Waals surface area contributed by atoms with E-state index in [0.29, 0.717) is 29.7 Å². The summed E-state index contributed by atoms with van der Waals surface area (Å²) < 4.78 is 10.7. The SMILES string of the molecule is CC(=O)N1CCOc2cc(C(=O)Oc3c(Cl)cc(Cl)cc3Cl)[nH]c21. The number of aromatic nitrogens is 1. The van der Waals surface area contributed by atoms with E-state index in [1.54, 1.807) is 0 Å². The molecular formula is C15H11Cl3N2O4. The highest BCUT2D eigenvalue weighted by molar-refractivity contribution is 6.40. The minimum absolute atomic E-state index is 0.00430. The summed E-state index contributed by atoms with van der Waals surface area (Å²) in [6.07, 6.45) is 0. The number of anilines is 1. The fourth-order valence-corrected chi connectivity index (χ4v) is 3.19. The van der Waals surface area contributed by atoms with Crippen LogP contribution in [0.15, 0.2) is 18.2 Å². The molecule has 9 heteroatoms. The highest BCUT2D eigenvalue weighted by Gasteiger charge is 2.27. The number of amides is 1. The van der Waals surface area contributed by atoms with Crippen LogP contribution in [0.3, 0.4) is 0 Å². The van der Waals surface area contributed by atoms with Gasteiger partial charge in [-0.1, -0.05) is 34.8 Å². The molecule has 0 fully saturated rings. The number of ether oxygens (including phenoxy) is 2. The average molecular weight is 390 g/mol. The lowest BCUT2D eigenvalue weighted by atomic mass is 10.3. The van der Waals surface area contributed by atoms with Gasteiger partial charge in [0.2, 0.25) is 5.91 Å². The summed E-state index contributed by atoms with van der Waals surface area (Å²) in [5.41, 5.74) is 0.107. The van der Waals surface area contributed by atoms with E-state index in [-0.39, 0.29) is 27.4 Å². The number of esters is 1. The number of carbonyl (C=O) groups excluding carboxylic acids is 2. The highest BCUT2D eigenvalue weighted by atomic mass is 35.5. The maximum absolute atomic E-state index is 12.3. The van der Waals surface area contributed by atoms with Crippen LogP contribution in [-0.4, -0.2) is 30.0 Å². The molecule has 126 valence electrons. The zero-order valence-electron chi connectivity index (χ0n) is 12.4. The fourth-order valence-electron chi connectivity index (χ4n) is 2.29. The predicted octanol–water partition coefficient (Wildman–Crippen LogP) is 3.94. The third kappa shape index (κ3) is 3.17.